The highest BCUT2D eigenvalue weighted by Crippen LogP contribution is 2.39. The molecule has 1 N–H and O–H groups in total. The van der Waals surface area contributed by atoms with Gasteiger partial charge < -0.3 is 0 Å². The number of thiophene rings is 1. The Morgan fingerprint density at radius 1 is 1.50 bits per heavy atom. The molecule has 0 bridgehead atoms. The molecule has 0 atom stereocenters. The quantitative estimate of drug-likeness (QED) is 0.827. The third-order valence-electron chi connectivity index (χ3n) is 3.00. The van der Waals surface area contributed by atoms with Crippen molar-refractivity contribution in [3.63, 3.8) is 0 Å². The maximum absolute atomic E-state index is 5.28. The number of hydrogen-bond acceptors (Lipinski definition) is 3. The number of nitrogens with one attached hydrogen (secondary N) is 1. The molecule has 0 aromatic carbocycles. The lowest BCUT2D eigenvalue weighted by Gasteiger charge is -2.01. The van der Waals surface area contributed by atoms with Gasteiger partial charge in [0.2, 0.25) is 0 Å². The first-order valence-electron chi connectivity index (χ1n) is 5.41. The topological polar surface area (TPSA) is 33.6 Å². The Labute approximate surface area is 103 Å². The van der Waals surface area contributed by atoms with Crippen LogP contribution in [0.4, 0.5) is 0 Å². The van der Waals surface area contributed by atoms with Crippen LogP contribution < -0.4 is 0 Å². The molecule has 16 heavy (non-hydrogen) atoms. The van der Waals surface area contributed by atoms with Crippen LogP contribution in [0.2, 0.25) is 0 Å². The van der Waals surface area contributed by atoms with E-state index in [2.05, 4.69) is 34.7 Å². The second-order valence-corrected chi connectivity index (χ2v) is 5.95. The average Bonchev–Trinajstić information content (AvgIpc) is 2.93. The molecule has 2 aromatic rings. The number of H-pyrrole nitrogens is 1. The van der Waals surface area contributed by atoms with Gasteiger partial charge in [0.15, 0.2) is 10.6 Å². The standard InChI is InChI=1S/C11H13N3S2/c1-6-5-9(16-7(6)2)10-12-13-11(15)14(10)8-3-4-8/h5,8H,3-4H2,1-2H3,(H,13,15). The largest absolute Gasteiger partial charge is 0.296 e. The van der Waals surface area contributed by atoms with Gasteiger partial charge >= 0.3 is 0 Å². The summed E-state index contributed by atoms with van der Waals surface area (Å²) in [7, 11) is 0. The molecule has 0 saturated heterocycles. The van der Waals surface area contributed by atoms with Gasteiger partial charge in [-0.05, 0) is 50.5 Å². The first-order valence-corrected chi connectivity index (χ1v) is 6.63. The van der Waals surface area contributed by atoms with E-state index in [0.29, 0.717) is 6.04 Å². The maximum atomic E-state index is 5.28. The molecule has 1 saturated carbocycles. The van der Waals surface area contributed by atoms with Crippen molar-refractivity contribution < 1.29 is 0 Å². The molecule has 2 heterocycles. The van der Waals surface area contributed by atoms with Crippen molar-refractivity contribution in [1.82, 2.24) is 14.8 Å². The van der Waals surface area contributed by atoms with Crippen LogP contribution in [0.5, 0.6) is 0 Å². The molecule has 3 rings (SSSR count). The van der Waals surface area contributed by atoms with Gasteiger partial charge in [0.1, 0.15) is 0 Å². The van der Waals surface area contributed by atoms with Gasteiger partial charge in [0.05, 0.1) is 4.88 Å². The fourth-order valence-electron chi connectivity index (χ4n) is 1.83. The van der Waals surface area contributed by atoms with Crippen LogP contribution in [0.3, 0.4) is 0 Å². The summed E-state index contributed by atoms with van der Waals surface area (Å²) in [5, 5.41) is 7.27. The van der Waals surface area contributed by atoms with E-state index in [-0.39, 0.29) is 0 Å². The summed E-state index contributed by atoms with van der Waals surface area (Å²) in [6.45, 7) is 4.28. The van der Waals surface area contributed by atoms with E-state index in [1.54, 1.807) is 11.3 Å². The molecule has 1 aliphatic carbocycles. The summed E-state index contributed by atoms with van der Waals surface area (Å²) in [4.78, 5) is 2.57. The van der Waals surface area contributed by atoms with Crippen molar-refractivity contribution in [2.75, 3.05) is 0 Å². The molecular weight excluding hydrogens is 238 g/mol. The summed E-state index contributed by atoms with van der Waals surface area (Å²) in [5.41, 5.74) is 1.33. The van der Waals surface area contributed by atoms with E-state index >= 15 is 0 Å². The molecule has 5 heteroatoms. The number of aromatic nitrogens is 3. The van der Waals surface area contributed by atoms with E-state index < -0.39 is 0 Å². The first kappa shape index (κ1) is 10.2. The van der Waals surface area contributed by atoms with E-state index in [1.165, 1.54) is 28.2 Å². The van der Waals surface area contributed by atoms with Crippen LogP contribution in [0.25, 0.3) is 10.7 Å². The molecule has 0 spiro atoms. The Morgan fingerprint density at radius 2 is 2.25 bits per heavy atom. The van der Waals surface area contributed by atoms with Crippen molar-refractivity contribution in [3.8, 4) is 10.7 Å². The zero-order valence-corrected chi connectivity index (χ0v) is 10.9. The summed E-state index contributed by atoms with van der Waals surface area (Å²) in [5.74, 6) is 1.01. The minimum Gasteiger partial charge on any atom is -0.296 e. The van der Waals surface area contributed by atoms with Crippen LogP contribution in [-0.2, 0) is 0 Å². The highest BCUT2D eigenvalue weighted by molar-refractivity contribution is 7.71. The number of rotatable bonds is 2. The Bertz CT molecular complexity index is 567. The van der Waals surface area contributed by atoms with Crippen LogP contribution in [0.15, 0.2) is 6.07 Å². The summed E-state index contributed by atoms with van der Waals surface area (Å²) in [6, 6.07) is 2.77. The monoisotopic (exact) mass is 251 g/mol. The van der Waals surface area contributed by atoms with E-state index in [0.717, 1.165) is 10.6 Å². The van der Waals surface area contributed by atoms with Crippen LogP contribution in [-0.4, -0.2) is 14.8 Å². The molecule has 3 nitrogen and oxygen atoms in total. The van der Waals surface area contributed by atoms with E-state index in [9.17, 15) is 0 Å². The summed E-state index contributed by atoms with van der Waals surface area (Å²) >= 11 is 7.07. The van der Waals surface area contributed by atoms with Gasteiger partial charge in [-0.25, -0.2) is 0 Å². The Balaban J connectivity index is 2.15. The molecule has 1 fully saturated rings. The van der Waals surface area contributed by atoms with Gasteiger partial charge in [0.25, 0.3) is 0 Å². The SMILES string of the molecule is Cc1cc(-c2n[nH]c(=S)n2C2CC2)sc1C. The van der Waals surface area contributed by atoms with E-state index in [1.807, 2.05) is 0 Å². The van der Waals surface area contributed by atoms with Gasteiger partial charge in [0, 0.05) is 10.9 Å². The number of aromatic amines is 1. The second kappa shape index (κ2) is 3.53. The number of hydrogen-bond donors (Lipinski definition) is 1. The van der Waals surface area contributed by atoms with Gasteiger partial charge in [-0.15, -0.1) is 11.3 Å². The van der Waals surface area contributed by atoms with Gasteiger partial charge in [-0.1, -0.05) is 0 Å². The molecule has 0 unspecified atom stereocenters. The molecular formula is C11H13N3S2. The van der Waals surface area contributed by atoms with Crippen molar-refractivity contribution in [3.05, 3.63) is 21.3 Å². The summed E-state index contributed by atoms with van der Waals surface area (Å²) in [6.07, 6.45) is 2.45. The smallest absolute Gasteiger partial charge is 0.195 e. The molecule has 0 aliphatic heterocycles. The predicted molar refractivity (Wildman–Crippen MR) is 68.5 cm³/mol. The molecule has 2 aromatic heterocycles. The number of nitrogens with zero attached hydrogens (tertiary/aromatic N) is 2. The van der Waals surface area contributed by atoms with Crippen molar-refractivity contribution in [2.24, 2.45) is 0 Å². The lowest BCUT2D eigenvalue weighted by atomic mass is 10.3. The zero-order chi connectivity index (χ0) is 11.3. The highest BCUT2D eigenvalue weighted by atomic mass is 32.1. The maximum Gasteiger partial charge on any atom is 0.195 e. The van der Waals surface area contributed by atoms with Gasteiger partial charge in [-0.3, -0.25) is 9.67 Å². The van der Waals surface area contributed by atoms with Crippen LogP contribution >= 0.6 is 23.6 Å². The van der Waals surface area contributed by atoms with E-state index in [4.69, 9.17) is 12.2 Å². The second-order valence-electron chi connectivity index (χ2n) is 4.30. The third-order valence-corrected chi connectivity index (χ3v) is 4.44. The highest BCUT2D eigenvalue weighted by Gasteiger charge is 2.28. The van der Waals surface area contributed by atoms with Crippen LogP contribution in [0.1, 0.15) is 29.3 Å². The normalized spacial score (nSPS) is 15.6. The lowest BCUT2D eigenvalue weighted by Crippen LogP contribution is -1.96. The summed E-state index contributed by atoms with van der Waals surface area (Å²) < 4.78 is 2.92. The Morgan fingerprint density at radius 3 is 2.81 bits per heavy atom. The molecule has 84 valence electrons. The predicted octanol–water partition coefficient (Wildman–Crippen LogP) is 3.62. The Hall–Kier alpha value is -0.940. The fraction of sp³-hybridized carbons (Fsp3) is 0.455. The molecule has 1 aliphatic rings. The van der Waals surface area contributed by atoms with Gasteiger partial charge in [-0.2, -0.15) is 5.10 Å². The zero-order valence-electron chi connectivity index (χ0n) is 9.28. The fourth-order valence-corrected chi connectivity index (χ4v) is 3.14. The molecule has 0 radical (unpaired) electrons. The minimum absolute atomic E-state index is 0.573. The minimum atomic E-state index is 0.573. The Kier molecular flexibility index (Phi) is 2.26. The lowest BCUT2D eigenvalue weighted by molar-refractivity contribution is 0.736. The first-order chi connectivity index (χ1) is 7.66. The van der Waals surface area contributed by atoms with Crippen molar-refractivity contribution in [1.29, 1.82) is 0 Å². The average molecular weight is 251 g/mol. The van der Waals surface area contributed by atoms with Crippen LogP contribution in [0, 0.1) is 18.6 Å². The number of aryl methyl sites for hydroxylation is 2. The molecule has 0 amide bonds. The van der Waals surface area contributed by atoms with Crippen molar-refractivity contribution >= 4 is 23.6 Å². The third kappa shape index (κ3) is 1.55. The van der Waals surface area contributed by atoms with Crippen molar-refractivity contribution in [2.45, 2.75) is 32.7 Å².